The first-order valence-corrected chi connectivity index (χ1v) is 8.89. The minimum absolute atomic E-state index is 0.268. The molecule has 0 spiro atoms. The molecule has 0 bridgehead atoms. The zero-order chi connectivity index (χ0) is 18.5. The molecule has 1 aliphatic rings. The number of piperidine rings is 1. The standard InChI is InChI=1S/C21H24N2O3/c1-15-12-16(21(24)25)7-9-19(15)22-14-17-6-8-18(13-20(17)26-2)23-10-4-3-5-11-23/h6-9,12-14H,3-5,10-11H2,1-2H3,(H,24,25). The molecular formula is C21H24N2O3. The van der Waals surface area contributed by atoms with Gasteiger partial charge in [-0.2, -0.15) is 0 Å². The van der Waals surface area contributed by atoms with Crippen LogP contribution in [0.1, 0.15) is 40.7 Å². The molecule has 5 heteroatoms. The maximum absolute atomic E-state index is 11.0. The van der Waals surface area contributed by atoms with Crippen LogP contribution < -0.4 is 9.64 Å². The van der Waals surface area contributed by atoms with E-state index in [0.29, 0.717) is 0 Å². The summed E-state index contributed by atoms with van der Waals surface area (Å²) in [6.07, 6.45) is 5.54. The molecule has 26 heavy (non-hydrogen) atoms. The molecule has 0 aliphatic carbocycles. The topological polar surface area (TPSA) is 62.1 Å². The summed E-state index contributed by atoms with van der Waals surface area (Å²) in [4.78, 5) is 17.9. The van der Waals surface area contributed by atoms with Crippen molar-refractivity contribution in [2.45, 2.75) is 26.2 Å². The molecule has 0 unspecified atom stereocenters. The second-order valence-electron chi connectivity index (χ2n) is 6.54. The average Bonchev–Trinajstić information content (AvgIpc) is 2.67. The van der Waals surface area contributed by atoms with Crippen LogP contribution in [-0.4, -0.2) is 37.5 Å². The molecule has 5 nitrogen and oxygen atoms in total. The lowest BCUT2D eigenvalue weighted by atomic mass is 10.1. The van der Waals surface area contributed by atoms with Gasteiger partial charge >= 0.3 is 5.97 Å². The van der Waals surface area contributed by atoms with E-state index >= 15 is 0 Å². The molecule has 1 N–H and O–H groups in total. The Morgan fingerprint density at radius 3 is 2.58 bits per heavy atom. The molecule has 0 saturated carbocycles. The van der Waals surface area contributed by atoms with Gasteiger partial charge in [0.05, 0.1) is 18.4 Å². The van der Waals surface area contributed by atoms with Gasteiger partial charge in [0, 0.05) is 36.6 Å². The Bertz CT molecular complexity index is 824. The predicted molar refractivity (Wildman–Crippen MR) is 104 cm³/mol. The van der Waals surface area contributed by atoms with E-state index in [1.165, 1.54) is 24.9 Å². The zero-order valence-electron chi connectivity index (χ0n) is 15.2. The van der Waals surface area contributed by atoms with Gasteiger partial charge in [0.15, 0.2) is 0 Å². The lowest BCUT2D eigenvalue weighted by Crippen LogP contribution is -2.29. The molecule has 1 saturated heterocycles. The first-order valence-electron chi connectivity index (χ1n) is 8.89. The van der Waals surface area contributed by atoms with Gasteiger partial charge in [0.1, 0.15) is 5.75 Å². The van der Waals surface area contributed by atoms with Crippen LogP contribution in [0.3, 0.4) is 0 Å². The maximum Gasteiger partial charge on any atom is 0.335 e. The van der Waals surface area contributed by atoms with Gasteiger partial charge in [-0.05, 0) is 62.1 Å². The average molecular weight is 352 g/mol. The van der Waals surface area contributed by atoms with Crippen LogP contribution in [-0.2, 0) is 0 Å². The van der Waals surface area contributed by atoms with E-state index in [1.807, 2.05) is 13.0 Å². The van der Waals surface area contributed by atoms with E-state index in [4.69, 9.17) is 9.84 Å². The Hall–Kier alpha value is -2.82. The molecular weight excluding hydrogens is 328 g/mol. The van der Waals surface area contributed by atoms with E-state index in [1.54, 1.807) is 31.5 Å². The highest BCUT2D eigenvalue weighted by molar-refractivity contribution is 5.89. The van der Waals surface area contributed by atoms with Gasteiger partial charge in [-0.1, -0.05) is 0 Å². The lowest BCUT2D eigenvalue weighted by Gasteiger charge is -2.29. The summed E-state index contributed by atoms with van der Waals surface area (Å²) in [6, 6.07) is 11.1. The number of rotatable bonds is 5. The Morgan fingerprint density at radius 1 is 1.15 bits per heavy atom. The Balaban J connectivity index is 1.82. The summed E-state index contributed by atoms with van der Waals surface area (Å²) in [7, 11) is 1.67. The number of aryl methyl sites for hydroxylation is 1. The number of methoxy groups -OCH3 is 1. The quantitative estimate of drug-likeness (QED) is 0.808. The molecule has 0 radical (unpaired) electrons. The lowest BCUT2D eigenvalue weighted by molar-refractivity contribution is 0.0697. The van der Waals surface area contributed by atoms with Gasteiger partial charge in [0.2, 0.25) is 0 Å². The van der Waals surface area contributed by atoms with Crippen LogP contribution in [0.4, 0.5) is 11.4 Å². The Morgan fingerprint density at radius 2 is 1.92 bits per heavy atom. The van der Waals surface area contributed by atoms with E-state index in [2.05, 4.69) is 22.0 Å². The number of hydrogen-bond donors (Lipinski definition) is 1. The molecule has 1 aliphatic heterocycles. The molecule has 0 atom stereocenters. The van der Waals surface area contributed by atoms with Gasteiger partial charge in [-0.15, -0.1) is 0 Å². The van der Waals surface area contributed by atoms with E-state index < -0.39 is 5.97 Å². The number of benzene rings is 2. The highest BCUT2D eigenvalue weighted by Crippen LogP contribution is 2.28. The van der Waals surface area contributed by atoms with E-state index in [0.717, 1.165) is 35.7 Å². The molecule has 2 aromatic rings. The van der Waals surface area contributed by atoms with Crippen molar-refractivity contribution in [1.29, 1.82) is 0 Å². The monoisotopic (exact) mass is 352 g/mol. The van der Waals surface area contributed by atoms with Gasteiger partial charge in [-0.25, -0.2) is 4.79 Å². The summed E-state index contributed by atoms with van der Waals surface area (Å²) < 4.78 is 5.55. The first kappa shape index (κ1) is 18.0. The second-order valence-corrected chi connectivity index (χ2v) is 6.54. The highest BCUT2D eigenvalue weighted by atomic mass is 16.5. The third-order valence-corrected chi connectivity index (χ3v) is 4.72. The van der Waals surface area contributed by atoms with Crippen LogP contribution in [0.25, 0.3) is 0 Å². The number of carboxylic acids is 1. The van der Waals surface area contributed by atoms with Gasteiger partial charge in [0.25, 0.3) is 0 Å². The maximum atomic E-state index is 11.0. The van der Waals surface area contributed by atoms with Gasteiger partial charge in [-0.3, -0.25) is 4.99 Å². The van der Waals surface area contributed by atoms with Crippen molar-refractivity contribution in [1.82, 2.24) is 0 Å². The van der Waals surface area contributed by atoms with E-state index in [-0.39, 0.29) is 5.56 Å². The smallest absolute Gasteiger partial charge is 0.335 e. The molecule has 2 aromatic carbocycles. The van der Waals surface area contributed by atoms with Crippen LogP contribution in [0.5, 0.6) is 5.75 Å². The number of aliphatic imine (C=N–C) groups is 1. The zero-order valence-corrected chi connectivity index (χ0v) is 15.2. The number of hydrogen-bond acceptors (Lipinski definition) is 4. The fraction of sp³-hybridized carbons (Fsp3) is 0.333. The molecule has 1 fully saturated rings. The van der Waals surface area contributed by atoms with Crippen LogP contribution in [0.2, 0.25) is 0 Å². The number of carboxylic acid groups (broad SMARTS) is 1. The number of anilines is 1. The van der Waals surface area contributed by atoms with Crippen molar-refractivity contribution in [2.75, 3.05) is 25.1 Å². The minimum atomic E-state index is -0.932. The van der Waals surface area contributed by atoms with Crippen molar-refractivity contribution >= 4 is 23.6 Å². The second kappa shape index (κ2) is 8.04. The summed E-state index contributed by atoms with van der Waals surface area (Å²) >= 11 is 0. The van der Waals surface area contributed by atoms with Crippen molar-refractivity contribution < 1.29 is 14.6 Å². The molecule has 1 heterocycles. The van der Waals surface area contributed by atoms with Crippen molar-refractivity contribution in [3.63, 3.8) is 0 Å². The Labute approximate surface area is 153 Å². The fourth-order valence-corrected chi connectivity index (χ4v) is 3.23. The van der Waals surface area contributed by atoms with Crippen molar-refractivity contribution in [2.24, 2.45) is 4.99 Å². The number of aromatic carboxylic acids is 1. The minimum Gasteiger partial charge on any atom is -0.496 e. The molecule has 136 valence electrons. The van der Waals surface area contributed by atoms with Crippen LogP contribution >= 0.6 is 0 Å². The van der Waals surface area contributed by atoms with Crippen molar-refractivity contribution in [3.05, 3.63) is 53.1 Å². The molecule has 3 rings (SSSR count). The summed E-state index contributed by atoms with van der Waals surface area (Å²) in [5.41, 5.74) is 3.92. The van der Waals surface area contributed by atoms with E-state index in [9.17, 15) is 4.79 Å². The fourth-order valence-electron chi connectivity index (χ4n) is 3.23. The third-order valence-electron chi connectivity index (χ3n) is 4.72. The highest BCUT2D eigenvalue weighted by Gasteiger charge is 2.13. The number of carbonyl (C=O) groups is 1. The number of nitrogens with zero attached hydrogens (tertiary/aromatic N) is 2. The van der Waals surface area contributed by atoms with Crippen LogP contribution in [0.15, 0.2) is 41.4 Å². The Kier molecular flexibility index (Phi) is 5.56. The summed E-state index contributed by atoms with van der Waals surface area (Å²) in [5.74, 6) is -0.143. The van der Waals surface area contributed by atoms with Gasteiger partial charge < -0.3 is 14.7 Å². The summed E-state index contributed by atoms with van der Waals surface area (Å²) in [5, 5.41) is 9.05. The third kappa shape index (κ3) is 4.04. The SMILES string of the molecule is COc1cc(N2CCCCC2)ccc1C=Nc1ccc(C(=O)O)cc1C. The normalized spacial score (nSPS) is 14.6. The predicted octanol–water partition coefficient (Wildman–Crippen LogP) is 4.44. The first-order chi connectivity index (χ1) is 12.6. The molecule has 0 amide bonds. The summed E-state index contributed by atoms with van der Waals surface area (Å²) in [6.45, 7) is 4.03. The molecule has 0 aromatic heterocycles. The van der Waals surface area contributed by atoms with Crippen molar-refractivity contribution in [3.8, 4) is 5.75 Å². The number of ether oxygens (including phenoxy) is 1. The largest absolute Gasteiger partial charge is 0.496 e. The van der Waals surface area contributed by atoms with Crippen LogP contribution in [0, 0.1) is 6.92 Å².